The molecule has 1 unspecified atom stereocenters. The summed E-state index contributed by atoms with van der Waals surface area (Å²) in [7, 11) is 0. The third-order valence-corrected chi connectivity index (χ3v) is 5.17. The summed E-state index contributed by atoms with van der Waals surface area (Å²) in [6.45, 7) is 3.18. The molecule has 3 aromatic rings. The van der Waals surface area contributed by atoms with Gasteiger partial charge in [0.05, 0.1) is 11.0 Å². The number of fused-ring (bicyclic) bond motifs is 1. The van der Waals surface area contributed by atoms with Crippen LogP contribution in [0.5, 0.6) is 0 Å². The third kappa shape index (κ3) is 3.09. The minimum atomic E-state index is -0.283. The number of benzene rings is 2. The van der Waals surface area contributed by atoms with Crippen molar-refractivity contribution in [3.63, 3.8) is 0 Å². The zero-order valence-electron chi connectivity index (χ0n) is 14.9. The van der Waals surface area contributed by atoms with Crippen LogP contribution in [0.3, 0.4) is 0 Å². The van der Waals surface area contributed by atoms with Crippen LogP contribution >= 0.6 is 0 Å². The van der Waals surface area contributed by atoms with Crippen molar-refractivity contribution in [1.82, 2.24) is 14.5 Å². The summed E-state index contributed by atoms with van der Waals surface area (Å²) in [6.07, 6.45) is 3.30. The summed E-state index contributed by atoms with van der Waals surface area (Å²) in [5.74, 6) is 0.530. The van der Waals surface area contributed by atoms with Gasteiger partial charge >= 0.3 is 0 Å². The molecule has 0 spiro atoms. The molecule has 0 saturated carbocycles. The molecule has 0 bridgehead atoms. The summed E-state index contributed by atoms with van der Waals surface area (Å²) < 4.78 is 15.3. The number of aromatic nitrogens is 2. The summed E-state index contributed by atoms with van der Waals surface area (Å²) in [4.78, 5) is 19.7. The first-order valence-electron chi connectivity index (χ1n) is 9.14. The number of piperidine rings is 1. The van der Waals surface area contributed by atoms with E-state index >= 15 is 0 Å². The zero-order chi connectivity index (χ0) is 18.1. The fraction of sp³-hybridized carbons (Fsp3) is 0.333. The van der Waals surface area contributed by atoms with Crippen molar-refractivity contribution in [2.24, 2.45) is 0 Å². The normalized spacial score (nSPS) is 17.6. The Balaban J connectivity index is 1.74. The number of carbonyl (C=O) groups excluding carboxylic acids is 1. The second-order valence-electron chi connectivity index (χ2n) is 6.95. The molecule has 4 nitrogen and oxygen atoms in total. The summed E-state index contributed by atoms with van der Waals surface area (Å²) in [6, 6.07) is 14.3. The molecule has 0 radical (unpaired) electrons. The van der Waals surface area contributed by atoms with E-state index in [1.54, 1.807) is 12.1 Å². The molecule has 1 saturated heterocycles. The number of likely N-dealkylation sites (tertiary alicyclic amines) is 1. The first kappa shape index (κ1) is 16.8. The third-order valence-electron chi connectivity index (χ3n) is 5.17. The number of hydrogen-bond acceptors (Lipinski definition) is 2. The molecular formula is C21H22FN3O. The molecule has 1 fully saturated rings. The Bertz CT molecular complexity index is 932. The highest BCUT2D eigenvalue weighted by atomic mass is 19.1. The van der Waals surface area contributed by atoms with Crippen molar-refractivity contribution in [3.8, 4) is 11.4 Å². The molecule has 134 valence electrons. The van der Waals surface area contributed by atoms with Crippen LogP contribution in [-0.2, 0) is 11.3 Å². The Morgan fingerprint density at radius 1 is 1.15 bits per heavy atom. The molecule has 26 heavy (non-hydrogen) atoms. The van der Waals surface area contributed by atoms with Crippen LogP contribution in [0.4, 0.5) is 4.39 Å². The highest BCUT2D eigenvalue weighted by molar-refractivity contribution is 5.84. The average molecular weight is 351 g/mol. The van der Waals surface area contributed by atoms with Crippen LogP contribution in [0.15, 0.2) is 48.5 Å². The lowest BCUT2D eigenvalue weighted by molar-refractivity contribution is -0.134. The second kappa shape index (κ2) is 6.90. The standard InChI is InChI=1S/C21H22FN3O/c1-15-6-4-5-13-24(15)20(26)14-25-19-8-3-2-7-18(19)23-21(25)16-9-11-17(22)12-10-16/h2-3,7-12,15H,4-6,13-14H2,1H3. The van der Waals surface area contributed by atoms with Gasteiger partial charge < -0.3 is 9.47 Å². The summed E-state index contributed by atoms with van der Waals surface area (Å²) in [5.41, 5.74) is 2.57. The molecule has 0 N–H and O–H groups in total. The van der Waals surface area contributed by atoms with Crippen LogP contribution in [0, 0.1) is 5.82 Å². The lowest BCUT2D eigenvalue weighted by Gasteiger charge is -2.33. The SMILES string of the molecule is CC1CCCCN1C(=O)Cn1c(-c2ccc(F)cc2)nc2ccccc21. The van der Waals surface area contributed by atoms with Gasteiger partial charge in [-0.1, -0.05) is 12.1 Å². The second-order valence-corrected chi connectivity index (χ2v) is 6.95. The Kier molecular flexibility index (Phi) is 4.45. The molecule has 1 aromatic heterocycles. The van der Waals surface area contributed by atoms with Crippen LogP contribution in [-0.4, -0.2) is 32.9 Å². The quantitative estimate of drug-likeness (QED) is 0.708. The van der Waals surface area contributed by atoms with Crippen LogP contribution in [0.25, 0.3) is 22.4 Å². The Labute approximate surface area is 152 Å². The molecule has 4 rings (SSSR count). The summed E-state index contributed by atoms with van der Waals surface area (Å²) >= 11 is 0. The number of rotatable bonds is 3. The van der Waals surface area contributed by atoms with E-state index in [0.29, 0.717) is 5.82 Å². The van der Waals surface area contributed by atoms with Gasteiger partial charge in [0.2, 0.25) is 5.91 Å². The minimum absolute atomic E-state index is 0.115. The van der Waals surface area contributed by atoms with Crippen molar-refractivity contribution in [2.75, 3.05) is 6.54 Å². The summed E-state index contributed by atoms with van der Waals surface area (Å²) in [5, 5.41) is 0. The molecule has 1 aliphatic rings. The molecule has 5 heteroatoms. The maximum Gasteiger partial charge on any atom is 0.242 e. The number of amides is 1. The number of imidazole rings is 1. The average Bonchev–Trinajstić information content (AvgIpc) is 3.01. The van der Waals surface area contributed by atoms with Gasteiger partial charge in [-0.15, -0.1) is 0 Å². The number of hydrogen-bond donors (Lipinski definition) is 0. The molecule has 1 amide bonds. The van der Waals surface area contributed by atoms with Crippen LogP contribution < -0.4 is 0 Å². The van der Waals surface area contributed by atoms with E-state index in [1.807, 2.05) is 33.7 Å². The monoisotopic (exact) mass is 351 g/mol. The number of para-hydroxylation sites is 2. The van der Waals surface area contributed by atoms with Gasteiger partial charge in [-0.3, -0.25) is 4.79 Å². The van der Waals surface area contributed by atoms with E-state index in [4.69, 9.17) is 4.98 Å². The topological polar surface area (TPSA) is 38.1 Å². The predicted molar refractivity (Wildman–Crippen MR) is 100 cm³/mol. The molecule has 1 atom stereocenters. The zero-order valence-corrected chi connectivity index (χ0v) is 14.9. The van der Waals surface area contributed by atoms with E-state index in [1.165, 1.54) is 18.6 Å². The van der Waals surface area contributed by atoms with E-state index in [9.17, 15) is 9.18 Å². The first-order chi connectivity index (χ1) is 12.6. The van der Waals surface area contributed by atoms with Gasteiger partial charge in [0, 0.05) is 18.2 Å². The maximum absolute atomic E-state index is 13.3. The first-order valence-corrected chi connectivity index (χ1v) is 9.14. The van der Waals surface area contributed by atoms with E-state index < -0.39 is 0 Å². The Morgan fingerprint density at radius 2 is 1.92 bits per heavy atom. The van der Waals surface area contributed by atoms with Crippen LogP contribution in [0.1, 0.15) is 26.2 Å². The largest absolute Gasteiger partial charge is 0.338 e. The lowest BCUT2D eigenvalue weighted by Crippen LogP contribution is -2.43. The van der Waals surface area contributed by atoms with E-state index in [-0.39, 0.29) is 24.3 Å². The van der Waals surface area contributed by atoms with Gasteiger partial charge in [0.15, 0.2) is 0 Å². The van der Waals surface area contributed by atoms with Gasteiger partial charge in [-0.2, -0.15) is 0 Å². The van der Waals surface area contributed by atoms with Crippen molar-refractivity contribution in [3.05, 3.63) is 54.3 Å². The number of carbonyl (C=O) groups is 1. The van der Waals surface area contributed by atoms with Crippen molar-refractivity contribution in [2.45, 2.75) is 38.8 Å². The van der Waals surface area contributed by atoms with Gasteiger partial charge in [-0.25, -0.2) is 9.37 Å². The fourth-order valence-electron chi connectivity index (χ4n) is 3.75. The van der Waals surface area contributed by atoms with Gasteiger partial charge in [0.25, 0.3) is 0 Å². The molecule has 2 aromatic carbocycles. The number of nitrogens with zero attached hydrogens (tertiary/aromatic N) is 3. The predicted octanol–water partition coefficient (Wildman–Crippen LogP) is 4.24. The minimum Gasteiger partial charge on any atom is -0.338 e. The smallest absolute Gasteiger partial charge is 0.242 e. The molecular weight excluding hydrogens is 329 g/mol. The van der Waals surface area contributed by atoms with Crippen LogP contribution in [0.2, 0.25) is 0 Å². The van der Waals surface area contributed by atoms with Gasteiger partial charge in [-0.05, 0) is 62.6 Å². The molecule has 1 aliphatic heterocycles. The highest BCUT2D eigenvalue weighted by Gasteiger charge is 2.25. The van der Waals surface area contributed by atoms with E-state index in [0.717, 1.165) is 36.0 Å². The van der Waals surface area contributed by atoms with Gasteiger partial charge in [0.1, 0.15) is 18.2 Å². The molecule has 2 heterocycles. The van der Waals surface area contributed by atoms with Crippen molar-refractivity contribution >= 4 is 16.9 Å². The fourth-order valence-corrected chi connectivity index (χ4v) is 3.75. The lowest BCUT2D eigenvalue weighted by atomic mass is 10.0. The molecule has 0 aliphatic carbocycles. The highest BCUT2D eigenvalue weighted by Crippen LogP contribution is 2.26. The maximum atomic E-state index is 13.3. The Morgan fingerprint density at radius 3 is 2.69 bits per heavy atom. The Hall–Kier alpha value is -2.69. The van der Waals surface area contributed by atoms with Crippen molar-refractivity contribution < 1.29 is 9.18 Å². The number of halogens is 1. The van der Waals surface area contributed by atoms with E-state index in [2.05, 4.69) is 6.92 Å². The van der Waals surface area contributed by atoms with Crippen molar-refractivity contribution in [1.29, 1.82) is 0 Å².